The van der Waals surface area contributed by atoms with Crippen LogP contribution in [0.1, 0.15) is 52.7 Å². The van der Waals surface area contributed by atoms with Crippen LogP contribution in [-0.4, -0.2) is 42.3 Å². The number of thiophene rings is 1. The number of amides is 3. The molecule has 2 N–H and O–H groups in total. The summed E-state index contributed by atoms with van der Waals surface area (Å²) in [6, 6.07) is 13.3. The number of nitrogens with zero attached hydrogens (tertiary/aromatic N) is 1. The first kappa shape index (κ1) is 24.5. The number of carbonyl (C=O) groups is 3. The first-order valence-corrected chi connectivity index (χ1v) is 12.5. The lowest BCUT2D eigenvalue weighted by molar-refractivity contribution is -0.141. The number of furan rings is 1. The monoisotopic (exact) mass is 495 g/mol. The SMILES string of the molecule is COc1ccc(CN(C(=O)CNC(=O)c2cccs2)C(C(=O)NC2CCCC2)c2ccco2)cc1. The van der Waals surface area contributed by atoms with Crippen LogP contribution in [-0.2, 0) is 16.1 Å². The maximum atomic E-state index is 13.5. The molecular formula is C26H29N3O5S. The predicted molar refractivity (Wildman–Crippen MR) is 132 cm³/mol. The van der Waals surface area contributed by atoms with Crippen LogP contribution in [0.3, 0.4) is 0 Å². The molecule has 1 atom stereocenters. The minimum atomic E-state index is -0.973. The van der Waals surface area contributed by atoms with Gasteiger partial charge in [-0.15, -0.1) is 11.3 Å². The van der Waals surface area contributed by atoms with E-state index in [1.54, 1.807) is 48.9 Å². The van der Waals surface area contributed by atoms with E-state index in [1.807, 2.05) is 12.1 Å². The summed E-state index contributed by atoms with van der Waals surface area (Å²) >= 11 is 1.30. The van der Waals surface area contributed by atoms with Gasteiger partial charge in [0.15, 0.2) is 6.04 Å². The highest BCUT2D eigenvalue weighted by molar-refractivity contribution is 7.12. The Morgan fingerprint density at radius 2 is 1.89 bits per heavy atom. The standard InChI is InChI=1S/C26H29N3O5S/c1-33-20-12-10-18(11-13-20)17-29(23(30)16-27-25(31)22-9-5-15-35-22)24(21-8-4-14-34-21)26(32)28-19-6-2-3-7-19/h4-5,8-15,19,24H,2-3,6-7,16-17H2,1H3,(H,27,31)(H,28,32). The Morgan fingerprint density at radius 1 is 1.11 bits per heavy atom. The van der Waals surface area contributed by atoms with Gasteiger partial charge in [-0.05, 0) is 54.1 Å². The fraction of sp³-hybridized carbons (Fsp3) is 0.346. The van der Waals surface area contributed by atoms with E-state index in [0.717, 1.165) is 31.2 Å². The number of hydrogen-bond acceptors (Lipinski definition) is 6. The van der Waals surface area contributed by atoms with Crippen molar-refractivity contribution < 1.29 is 23.5 Å². The van der Waals surface area contributed by atoms with Crippen molar-refractivity contribution in [2.75, 3.05) is 13.7 Å². The number of methoxy groups -OCH3 is 1. The Hall–Kier alpha value is -3.59. The molecule has 2 aromatic heterocycles. The highest BCUT2D eigenvalue weighted by Gasteiger charge is 2.35. The van der Waals surface area contributed by atoms with E-state index in [1.165, 1.54) is 22.5 Å². The van der Waals surface area contributed by atoms with Crippen molar-refractivity contribution in [3.63, 3.8) is 0 Å². The van der Waals surface area contributed by atoms with Crippen molar-refractivity contribution in [3.05, 3.63) is 76.4 Å². The van der Waals surface area contributed by atoms with E-state index in [-0.39, 0.29) is 30.9 Å². The zero-order chi connectivity index (χ0) is 24.6. The fourth-order valence-corrected chi connectivity index (χ4v) is 4.86. The van der Waals surface area contributed by atoms with Gasteiger partial charge in [-0.2, -0.15) is 0 Å². The Balaban J connectivity index is 1.59. The van der Waals surface area contributed by atoms with Gasteiger partial charge in [-0.1, -0.05) is 31.0 Å². The van der Waals surface area contributed by atoms with Crippen LogP contribution in [0.2, 0.25) is 0 Å². The topological polar surface area (TPSA) is 101 Å². The van der Waals surface area contributed by atoms with Crippen LogP contribution in [0.4, 0.5) is 0 Å². The highest BCUT2D eigenvalue weighted by Crippen LogP contribution is 2.27. The van der Waals surface area contributed by atoms with Gasteiger partial charge in [0.05, 0.1) is 24.8 Å². The quantitative estimate of drug-likeness (QED) is 0.444. The minimum Gasteiger partial charge on any atom is -0.497 e. The molecule has 1 aromatic carbocycles. The molecule has 1 aliphatic carbocycles. The number of benzene rings is 1. The first-order chi connectivity index (χ1) is 17.0. The molecule has 0 spiro atoms. The van der Waals surface area contributed by atoms with Gasteiger partial charge in [0, 0.05) is 12.6 Å². The van der Waals surface area contributed by atoms with E-state index in [4.69, 9.17) is 9.15 Å². The third kappa shape index (κ3) is 6.30. The molecular weight excluding hydrogens is 466 g/mol. The van der Waals surface area contributed by atoms with Crippen molar-refractivity contribution in [1.29, 1.82) is 0 Å². The molecule has 35 heavy (non-hydrogen) atoms. The molecule has 3 amide bonds. The van der Waals surface area contributed by atoms with Crippen LogP contribution in [0, 0.1) is 0 Å². The Bertz CT molecular complexity index is 1110. The molecule has 184 valence electrons. The second-order valence-corrected chi connectivity index (χ2v) is 9.39. The van der Waals surface area contributed by atoms with Crippen LogP contribution in [0.5, 0.6) is 5.75 Å². The second-order valence-electron chi connectivity index (χ2n) is 8.44. The molecule has 0 aliphatic heterocycles. The average molecular weight is 496 g/mol. The van der Waals surface area contributed by atoms with Crippen molar-refractivity contribution in [2.45, 2.75) is 44.3 Å². The van der Waals surface area contributed by atoms with Crippen molar-refractivity contribution in [1.82, 2.24) is 15.5 Å². The molecule has 2 heterocycles. The summed E-state index contributed by atoms with van der Waals surface area (Å²) in [4.78, 5) is 41.4. The molecule has 8 nitrogen and oxygen atoms in total. The molecule has 4 rings (SSSR count). The van der Waals surface area contributed by atoms with E-state index in [0.29, 0.717) is 16.4 Å². The largest absolute Gasteiger partial charge is 0.497 e. The van der Waals surface area contributed by atoms with Gasteiger partial charge in [0.2, 0.25) is 5.91 Å². The van der Waals surface area contributed by atoms with Crippen LogP contribution in [0.25, 0.3) is 0 Å². The van der Waals surface area contributed by atoms with Crippen LogP contribution in [0.15, 0.2) is 64.6 Å². The van der Waals surface area contributed by atoms with Gasteiger partial charge in [0.1, 0.15) is 11.5 Å². The third-order valence-electron chi connectivity index (χ3n) is 6.05. The van der Waals surface area contributed by atoms with E-state index in [9.17, 15) is 14.4 Å². The molecule has 3 aromatic rings. The zero-order valence-electron chi connectivity index (χ0n) is 19.6. The summed E-state index contributed by atoms with van der Waals surface area (Å²) in [6.07, 6.45) is 5.46. The van der Waals surface area contributed by atoms with Crippen molar-refractivity contribution >= 4 is 29.1 Å². The average Bonchev–Trinajstić information content (AvgIpc) is 3.66. The molecule has 0 bridgehead atoms. The Labute approximate surface area is 208 Å². The van der Waals surface area contributed by atoms with Gasteiger partial charge < -0.3 is 24.7 Å². The third-order valence-corrected chi connectivity index (χ3v) is 6.92. The summed E-state index contributed by atoms with van der Waals surface area (Å²) in [5.41, 5.74) is 0.814. The molecule has 1 aliphatic rings. The van der Waals surface area contributed by atoms with Crippen LogP contribution < -0.4 is 15.4 Å². The number of carbonyl (C=O) groups excluding carboxylic acids is 3. The summed E-state index contributed by atoms with van der Waals surface area (Å²) in [7, 11) is 1.58. The summed E-state index contributed by atoms with van der Waals surface area (Å²) in [6.45, 7) is -0.0953. The highest BCUT2D eigenvalue weighted by atomic mass is 32.1. The van der Waals surface area contributed by atoms with Gasteiger partial charge >= 0.3 is 0 Å². The van der Waals surface area contributed by atoms with Crippen molar-refractivity contribution in [2.24, 2.45) is 0 Å². The molecule has 9 heteroatoms. The Morgan fingerprint density at radius 3 is 2.51 bits per heavy atom. The normalized spacial score (nSPS) is 14.3. The molecule has 1 unspecified atom stereocenters. The lowest BCUT2D eigenvalue weighted by Gasteiger charge is -2.31. The number of hydrogen-bond donors (Lipinski definition) is 2. The lowest BCUT2D eigenvalue weighted by Crippen LogP contribution is -2.48. The lowest BCUT2D eigenvalue weighted by atomic mass is 10.1. The van der Waals surface area contributed by atoms with Crippen molar-refractivity contribution in [3.8, 4) is 5.75 Å². The van der Waals surface area contributed by atoms with Gasteiger partial charge in [-0.3, -0.25) is 14.4 Å². The Kier molecular flexibility index (Phi) is 8.20. The zero-order valence-corrected chi connectivity index (χ0v) is 20.4. The maximum absolute atomic E-state index is 13.5. The molecule has 0 saturated heterocycles. The summed E-state index contributed by atoms with van der Waals surface area (Å²) in [5, 5.41) is 7.57. The minimum absolute atomic E-state index is 0.0800. The number of ether oxygens (including phenoxy) is 1. The van der Waals surface area contributed by atoms with E-state index in [2.05, 4.69) is 10.6 Å². The maximum Gasteiger partial charge on any atom is 0.261 e. The smallest absolute Gasteiger partial charge is 0.261 e. The molecule has 1 fully saturated rings. The molecule has 0 radical (unpaired) electrons. The summed E-state index contributed by atoms with van der Waals surface area (Å²) in [5.74, 6) is 0.0398. The van der Waals surface area contributed by atoms with Crippen LogP contribution >= 0.6 is 11.3 Å². The number of rotatable bonds is 10. The predicted octanol–water partition coefficient (Wildman–Crippen LogP) is 3.91. The van der Waals surface area contributed by atoms with Gasteiger partial charge in [0.25, 0.3) is 11.8 Å². The second kappa shape index (κ2) is 11.7. The summed E-state index contributed by atoms with van der Waals surface area (Å²) < 4.78 is 10.8. The van der Waals surface area contributed by atoms with E-state index < -0.39 is 11.9 Å². The molecule has 1 saturated carbocycles. The first-order valence-electron chi connectivity index (χ1n) is 11.6. The number of nitrogens with one attached hydrogen (secondary N) is 2. The fourth-order valence-electron chi connectivity index (χ4n) is 4.22. The van der Waals surface area contributed by atoms with Gasteiger partial charge in [-0.25, -0.2) is 0 Å². The van der Waals surface area contributed by atoms with E-state index >= 15 is 0 Å².